The van der Waals surface area contributed by atoms with Gasteiger partial charge in [0.05, 0.1) is 18.7 Å². The summed E-state index contributed by atoms with van der Waals surface area (Å²) in [7, 11) is 0. The van der Waals surface area contributed by atoms with E-state index in [1.807, 2.05) is 0 Å². The van der Waals surface area contributed by atoms with Gasteiger partial charge in [0.15, 0.2) is 5.69 Å². The van der Waals surface area contributed by atoms with Crippen LogP contribution in [0.2, 0.25) is 0 Å². The third-order valence-corrected chi connectivity index (χ3v) is 6.61. The van der Waals surface area contributed by atoms with Crippen molar-refractivity contribution in [2.75, 3.05) is 18.5 Å². The molecule has 37 heavy (non-hydrogen) atoms. The number of alkyl halides is 2. The molecule has 190 valence electrons. The maximum absolute atomic E-state index is 14.6. The zero-order valence-corrected chi connectivity index (χ0v) is 19.7. The summed E-state index contributed by atoms with van der Waals surface area (Å²) in [4.78, 5) is 23.1. The number of ether oxygens (including phenoxy) is 1. The second-order valence-corrected chi connectivity index (χ2v) is 9.29. The van der Waals surface area contributed by atoms with Crippen LogP contribution in [0.1, 0.15) is 34.1 Å². The fourth-order valence-electron chi connectivity index (χ4n) is 5.02. The van der Waals surface area contributed by atoms with Crippen LogP contribution in [0.15, 0.2) is 42.9 Å². The highest BCUT2D eigenvalue weighted by molar-refractivity contribution is 6.04. The molecule has 0 unspecified atom stereocenters. The van der Waals surface area contributed by atoms with Crippen molar-refractivity contribution in [3.63, 3.8) is 0 Å². The maximum atomic E-state index is 14.6. The molecule has 0 spiro atoms. The average Bonchev–Trinajstić information content (AvgIpc) is 3.49. The van der Waals surface area contributed by atoms with E-state index in [0.29, 0.717) is 46.5 Å². The number of benzene rings is 2. The van der Waals surface area contributed by atoms with Crippen LogP contribution in [0, 0.1) is 11.6 Å². The summed E-state index contributed by atoms with van der Waals surface area (Å²) in [6.07, 6.45) is 3.47. The number of fused-ring (bicyclic) bond motifs is 3. The Kier molecular flexibility index (Phi) is 5.32. The minimum absolute atomic E-state index is 0.0279. The summed E-state index contributed by atoms with van der Waals surface area (Å²) >= 11 is 0. The van der Waals surface area contributed by atoms with Crippen LogP contribution in [0.4, 0.5) is 23.5 Å². The Morgan fingerprint density at radius 1 is 1.14 bits per heavy atom. The molecule has 7 nitrogen and oxygen atoms in total. The van der Waals surface area contributed by atoms with Crippen molar-refractivity contribution in [2.24, 2.45) is 0 Å². The molecule has 2 aromatic heterocycles. The molecule has 2 aliphatic heterocycles. The Hall–Kier alpha value is -4.15. The van der Waals surface area contributed by atoms with Crippen molar-refractivity contribution >= 4 is 17.4 Å². The van der Waals surface area contributed by atoms with E-state index in [2.05, 4.69) is 15.3 Å². The number of hydrogen-bond acceptors (Lipinski definition) is 5. The highest BCUT2D eigenvalue weighted by Crippen LogP contribution is 2.36. The number of imidazole rings is 1. The molecule has 0 aliphatic carbocycles. The number of amides is 1. The maximum Gasteiger partial charge on any atom is 0.275 e. The Labute approximate surface area is 208 Å². The van der Waals surface area contributed by atoms with Crippen molar-refractivity contribution in [1.82, 2.24) is 19.3 Å². The Balaban J connectivity index is 1.46. The number of carbonyl (C=O) groups is 1. The van der Waals surface area contributed by atoms with Crippen LogP contribution in [0.5, 0.6) is 5.75 Å². The third kappa shape index (κ3) is 4.04. The minimum Gasteiger partial charge on any atom is -0.493 e. The lowest BCUT2D eigenvalue weighted by atomic mass is 9.97. The predicted octanol–water partition coefficient (Wildman–Crippen LogP) is 4.83. The van der Waals surface area contributed by atoms with Crippen molar-refractivity contribution in [2.45, 2.75) is 32.4 Å². The first-order valence-electron chi connectivity index (χ1n) is 11.7. The molecule has 4 aromatic rings. The molecule has 4 heterocycles. The quantitative estimate of drug-likeness (QED) is 0.389. The molecular formula is C26H21F4N5O2. The summed E-state index contributed by atoms with van der Waals surface area (Å²) in [6.45, 7) is 0.223. The number of rotatable bonds is 5. The molecule has 0 atom stereocenters. The van der Waals surface area contributed by atoms with Crippen LogP contribution in [-0.2, 0) is 19.5 Å². The van der Waals surface area contributed by atoms with Crippen molar-refractivity contribution in [1.29, 1.82) is 0 Å². The minimum atomic E-state index is -3.17. The summed E-state index contributed by atoms with van der Waals surface area (Å²) in [6, 6.07) is 6.98. The van der Waals surface area contributed by atoms with Crippen LogP contribution in [0.3, 0.4) is 0 Å². The largest absolute Gasteiger partial charge is 0.493 e. The Morgan fingerprint density at radius 2 is 1.97 bits per heavy atom. The van der Waals surface area contributed by atoms with Crippen molar-refractivity contribution in [3.8, 4) is 16.9 Å². The summed E-state index contributed by atoms with van der Waals surface area (Å²) in [5.74, 6) is -3.89. The number of halogens is 4. The number of carbonyl (C=O) groups excluding carboxylic acids is 1. The predicted molar refractivity (Wildman–Crippen MR) is 127 cm³/mol. The average molecular weight is 511 g/mol. The van der Waals surface area contributed by atoms with Gasteiger partial charge in [-0.25, -0.2) is 27.5 Å². The Morgan fingerprint density at radius 3 is 2.78 bits per heavy atom. The molecule has 2 aliphatic rings. The van der Waals surface area contributed by atoms with E-state index in [0.717, 1.165) is 17.4 Å². The van der Waals surface area contributed by atoms with E-state index in [4.69, 9.17) is 4.74 Å². The fourth-order valence-corrected chi connectivity index (χ4v) is 5.02. The van der Waals surface area contributed by atoms with E-state index < -0.39 is 24.2 Å². The molecular weight excluding hydrogens is 490 g/mol. The first-order valence-corrected chi connectivity index (χ1v) is 11.7. The van der Waals surface area contributed by atoms with E-state index in [1.165, 1.54) is 41.2 Å². The van der Waals surface area contributed by atoms with Gasteiger partial charge in [-0.15, -0.1) is 0 Å². The smallest absolute Gasteiger partial charge is 0.275 e. The van der Waals surface area contributed by atoms with Crippen molar-refractivity contribution in [3.05, 3.63) is 76.9 Å². The van der Waals surface area contributed by atoms with Gasteiger partial charge in [0.2, 0.25) is 5.95 Å². The standard InChI is InChI=1S/C26H21F4N5O2/c1-26(29,30)12-34-11-14-8-15(27)2-3-16(14)19-10-32-25(35-13-33-22(23(19)35)24(34)36)31-9-18-17-6-7-37-21(17)5-4-20(18)28/h2-5,8,10,13H,6-7,9,11-12H2,1H3,(H,31,32). The van der Waals surface area contributed by atoms with Crippen LogP contribution < -0.4 is 10.1 Å². The highest BCUT2D eigenvalue weighted by atomic mass is 19.3. The SMILES string of the molecule is CC(F)(F)CN1Cc2cc(F)ccc2-c2cnc(NCc3c(F)ccc4c3CCO4)n3cnc(c23)C1=O. The van der Waals surface area contributed by atoms with Crippen LogP contribution >= 0.6 is 0 Å². The molecule has 2 aromatic carbocycles. The second-order valence-electron chi connectivity index (χ2n) is 9.29. The van der Waals surface area contributed by atoms with Gasteiger partial charge in [-0.2, -0.15) is 0 Å². The second kappa shape index (κ2) is 8.46. The van der Waals surface area contributed by atoms with Gasteiger partial charge in [0.1, 0.15) is 23.7 Å². The molecule has 0 saturated carbocycles. The normalized spacial score (nSPS) is 14.7. The first-order chi connectivity index (χ1) is 17.7. The number of aromatic nitrogens is 3. The van der Waals surface area contributed by atoms with Gasteiger partial charge in [-0.3, -0.25) is 9.20 Å². The van der Waals surface area contributed by atoms with E-state index in [1.54, 1.807) is 6.07 Å². The van der Waals surface area contributed by atoms with Gasteiger partial charge in [-0.05, 0) is 35.4 Å². The molecule has 11 heteroatoms. The molecule has 1 amide bonds. The highest BCUT2D eigenvalue weighted by Gasteiger charge is 2.34. The van der Waals surface area contributed by atoms with Gasteiger partial charge >= 0.3 is 0 Å². The molecule has 0 bridgehead atoms. The molecule has 6 rings (SSSR count). The van der Waals surface area contributed by atoms with E-state index in [9.17, 15) is 22.4 Å². The molecule has 0 fully saturated rings. The topological polar surface area (TPSA) is 71.8 Å². The fraction of sp³-hybridized carbons (Fsp3) is 0.269. The lowest BCUT2D eigenvalue weighted by molar-refractivity contribution is -0.0128. The monoisotopic (exact) mass is 511 g/mol. The number of nitrogens with one attached hydrogen (secondary N) is 1. The number of nitrogens with zero attached hydrogens (tertiary/aromatic N) is 4. The lowest BCUT2D eigenvalue weighted by Gasteiger charge is -2.28. The van der Waals surface area contributed by atoms with Gasteiger partial charge < -0.3 is 15.0 Å². The molecule has 0 saturated heterocycles. The lowest BCUT2D eigenvalue weighted by Crippen LogP contribution is -2.40. The van der Waals surface area contributed by atoms with Crippen LogP contribution in [0.25, 0.3) is 16.6 Å². The summed E-state index contributed by atoms with van der Waals surface area (Å²) < 4.78 is 63.8. The zero-order valence-electron chi connectivity index (χ0n) is 19.7. The number of anilines is 1. The van der Waals surface area contributed by atoms with Gasteiger partial charge in [-0.1, -0.05) is 6.07 Å². The summed E-state index contributed by atoms with van der Waals surface area (Å²) in [5, 5.41) is 3.11. The molecule has 1 N–H and O–H groups in total. The zero-order chi connectivity index (χ0) is 25.9. The Bertz CT molecular complexity index is 1560. The first kappa shape index (κ1) is 23.3. The summed E-state index contributed by atoms with van der Waals surface area (Å²) in [5.41, 5.74) is 2.96. The van der Waals surface area contributed by atoms with Gasteiger partial charge in [0, 0.05) is 49.3 Å². The molecule has 0 radical (unpaired) electrons. The third-order valence-electron chi connectivity index (χ3n) is 6.61. The van der Waals surface area contributed by atoms with E-state index in [-0.39, 0.29) is 30.5 Å². The van der Waals surface area contributed by atoms with Crippen molar-refractivity contribution < 1.29 is 27.1 Å². The van der Waals surface area contributed by atoms with E-state index >= 15 is 0 Å². The number of hydrogen-bond donors (Lipinski definition) is 1. The van der Waals surface area contributed by atoms with Gasteiger partial charge in [0.25, 0.3) is 11.8 Å². The van der Waals surface area contributed by atoms with Crippen LogP contribution in [-0.4, -0.2) is 44.2 Å².